The van der Waals surface area contributed by atoms with Crippen LogP contribution in [0.25, 0.3) is 0 Å². The summed E-state index contributed by atoms with van der Waals surface area (Å²) < 4.78 is 0. The van der Waals surface area contributed by atoms with Gasteiger partial charge in [0.15, 0.2) is 0 Å². The molecule has 0 fully saturated rings. The minimum absolute atomic E-state index is 0. The van der Waals surface area contributed by atoms with Crippen LogP contribution in [-0.2, 0) is 19.5 Å². The van der Waals surface area contributed by atoms with E-state index < -0.39 is 0 Å². The minimum atomic E-state index is 0. The van der Waals surface area contributed by atoms with E-state index >= 15 is 0 Å². The molecule has 0 aromatic heterocycles. The molecular formula is C14H25O2Ru. The van der Waals surface area contributed by atoms with Gasteiger partial charge in [-0.2, -0.15) is 27.8 Å². The summed E-state index contributed by atoms with van der Waals surface area (Å²) in [6.45, 7) is 14.1. The van der Waals surface area contributed by atoms with Crippen molar-refractivity contribution in [1.29, 1.82) is 0 Å². The molecule has 1 radical (unpaired) electrons. The molecule has 0 N–H and O–H groups in total. The van der Waals surface area contributed by atoms with Crippen LogP contribution in [0, 0.1) is 34.6 Å². The van der Waals surface area contributed by atoms with Crippen molar-refractivity contribution in [2.45, 2.75) is 48.5 Å². The molecule has 0 aliphatic heterocycles. The van der Waals surface area contributed by atoms with Crippen molar-refractivity contribution in [3.8, 4) is 0 Å². The molecule has 1 aromatic carbocycles. The summed E-state index contributed by atoms with van der Waals surface area (Å²) in [5.74, 6) is 0. The van der Waals surface area contributed by atoms with Crippen LogP contribution in [-0.4, -0.2) is 13.2 Å². The second kappa shape index (κ2) is 12.4. The van der Waals surface area contributed by atoms with Crippen LogP contribution in [0.1, 0.15) is 41.7 Å². The standard InChI is InChI=1S/C10H15.2C2H5O.Ru/c1-6-7(2)9(4)10(5)8(6)3;2*1-2-3;/h1-5H3;2*2H2,1H3;/q3*-1;+3. The van der Waals surface area contributed by atoms with Crippen molar-refractivity contribution in [3.05, 3.63) is 27.8 Å². The van der Waals surface area contributed by atoms with Crippen LogP contribution in [0.5, 0.6) is 0 Å². The molecule has 3 heteroatoms. The third-order valence-electron chi connectivity index (χ3n) is 2.81. The van der Waals surface area contributed by atoms with Gasteiger partial charge in [-0.3, -0.25) is 0 Å². The van der Waals surface area contributed by atoms with E-state index in [9.17, 15) is 0 Å². The first-order chi connectivity index (χ1) is 7.38. The van der Waals surface area contributed by atoms with Gasteiger partial charge in [-0.1, -0.05) is 48.5 Å². The molecule has 0 heterocycles. The average Bonchev–Trinajstić information content (AvgIpc) is 2.39. The van der Waals surface area contributed by atoms with E-state index in [0.717, 1.165) is 0 Å². The van der Waals surface area contributed by atoms with Crippen molar-refractivity contribution in [2.24, 2.45) is 0 Å². The molecule has 17 heavy (non-hydrogen) atoms. The van der Waals surface area contributed by atoms with Gasteiger partial charge < -0.3 is 10.2 Å². The van der Waals surface area contributed by atoms with E-state index in [1.807, 2.05) is 0 Å². The van der Waals surface area contributed by atoms with Gasteiger partial charge in [0.1, 0.15) is 0 Å². The van der Waals surface area contributed by atoms with E-state index in [-0.39, 0.29) is 32.7 Å². The van der Waals surface area contributed by atoms with Gasteiger partial charge in [0.2, 0.25) is 0 Å². The fourth-order valence-corrected chi connectivity index (χ4v) is 1.41. The average molecular weight is 326 g/mol. The SMILES string of the molecule is CC[O-].CC[O-].Cc1c(C)c(C)[c-](C)c1C.[Ru+3]. The van der Waals surface area contributed by atoms with Crippen LogP contribution in [0.15, 0.2) is 0 Å². The Balaban J connectivity index is -0.000000240. The summed E-state index contributed by atoms with van der Waals surface area (Å²) in [6, 6.07) is 0. The molecule has 0 saturated carbocycles. The molecule has 0 amide bonds. The number of hydrogen-bond acceptors (Lipinski definition) is 2. The maximum Gasteiger partial charge on any atom is 3.00 e. The fraction of sp³-hybridized carbons (Fsp3) is 0.643. The zero-order chi connectivity index (χ0) is 13.3. The molecule has 101 valence electrons. The van der Waals surface area contributed by atoms with Gasteiger partial charge in [0.05, 0.1) is 0 Å². The molecule has 1 rings (SSSR count). The van der Waals surface area contributed by atoms with E-state index in [2.05, 4.69) is 34.6 Å². The molecule has 0 unspecified atom stereocenters. The van der Waals surface area contributed by atoms with E-state index in [1.165, 1.54) is 27.8 Å². The smallest absolute Gasteiger partial charge is 0.855 e. The Labute approximate surface area is 119 Å². The zero-order valence-electron chi connectivity index (χ0n) is 12.1. The Hall–Kier alpha value is -0.107. The summed E-state index contributed by atoms with van der Waals surface area (Å²) in [7, 11) is 0. The molecule has 1 aromatic rings. The summed E-state index contributed by atoms with van der Waals surface area (Å²) in [5.41, 5.74) is 7.34. The Bertz CT molecular complexity index is 209. The summed E-state index contributed by atoms with van der Waals surface area (Å²) in [5, 5.41) is 17.9. The zero-order valence-corrected chi connectivity index (χ0v) is 13.8. The summed E-state index contributed by atoms with van der Waals surface area (Å²) >= 11 is 0. The molecule has 2 nitrogen and oxygen atoms in total. The normalized spacial score (nSPS) is 8.29. The van der Waals surface area contributed by atoms with Gasteiger partial charge in [0, 0.05) is 0 Å². The molecule has 0 bridgehead atoms. The van der Waals surface area contributed by atoms with Gasteiger partial charge in [-0.25, -0.2) is 0 Å². The minimum Gasteiger partial charge on any atom is -0.855 e. The van der Waals surface area contributed by atoms with Crippen molar-refractivity contribution in [3.63, 3.8) is 0 Å². The van der Waals surface area contributed by atoms with Crippen LogP contribution in [0.4, 0.5) is 0 Å². The Kier molecular flexibility index (Phi) is 16.1. The quantitative estimate of drug-likeness (QED) is 0.538. The monoisotopic (exact) mass is 327 g/mol. The molecule has 0 spiro atoms. The van der Waals surface area contributed by atoms with E-state index in [4.69, 9.17) is 10.2 Å². The first-order valence-electron chi connectivity index (χ1n) is 5.74. The van der Waals surface area contributed by atoms with Gasteiger partial charge >= 0.3 is 19.5 Å². The van der Waals surface area contributed by atoms with Crippen molar-refractivity contribution in [1.82, 2.24) is 0 Å². The van der Waals surface area contributed by atoms with Gasteiger partial charge in [0.25, 0.3) is 0 Å². The largest absolute Gasteiger partial charge is 3.00 e. The van der Waals surface area contributed by atoms with Crippen LogP contribution < -0.4 is 10.2 Å². The number of rotatable bonds is 0. The third kappa shape index (κ3) is 7.75. The Morgan fingerprint density at radius 3 is 1.06 bits per heavy atom. The second-order valence-corrected chi connectivity index (χ2v) is 3.70. The van der Waals surface area contributed by atoms with Crippen molar-refractivity contribution in [2.75, 3.05) is 13.2 Å². The first kappa shape index (κ1) is 22.1. The summed E-state index contributed by atoms with van der Waals surface area (Å²) in [4.78, 5) is 0. The maximum atomic E-state index is 8.93. The molecule has 0 aliphatic carbocycles. The predicted molar refractivity (Wildman–Crippen MR) is 66.8 cm³/mol. The van der Waals surface area contributed by atoms with Gasteiger partial charge in [-0.05, 0) is 0 Å². The van der Waals surface area contributed by atoms with Crippen LogP contribution in [0.2, 0.25) is 0 Å². The van der Waals surface area contributed by atoms with Crippen molar-refractivity contribution >= 4 is 0 Å². The summed E-state index contributed by atoms with van der Waals surface area (Å²) in [6.07, 6.45) is 0. The molecule has 0 saturated heterocycles. The number of hydrogen-bond donors (Lipinski definition) is 0. The third-order valence-corrected chi connectivity index (χ3v) is 2.81. The maximum absolute atomic E-state index is 8.93. The van der Waals surface area contributed by atoms with E-state index in [0.29, 0.717) is 0 Å². The topological polar surface area (TPSA) is 46.1 Å². The van der Waals surface area contributed by atoms with E-state index in [1.54, 1.807) is 13.8 Å². The Morgan fingerprint density at radius 2 is 1.00 bits per heavy atom. The Morgan fingerprint density at radius 1 is 0.824 bits per heavy atom. The van der Waals surface area contributed by atoms with Crippen LogP contribution in [0.3, 0.4) is 0 Å². The predicted octanol–water partition coefficient (Wildman–Crippen LogP) is 1.68. The van der Waals surface area contributed by atoms with Crippen molar-refractivity contribution < 1.29 is 29.7 Å². The fourth-order valence-electron chi connectivity index (χ4n) is 1.41. The second-order valence-electron chi connectivity index (χ2n) is 3.70. The van der Waals surface area contributed by atoms with Crippen LogP contribution >= 0.6 is 0 Å². The molecule has 0 aliphatic rings. The molecular weight excluding hydrogens is 301 g/mol. The molecule has 0 atom stereocenters. The first-order valence-corrected chi connectivity index (χ1v) is 5.74. The van der Waals surface area contributed by atoms with Gasteiger partial charge in [-0.15, -0.1) is 13.2 Å².